The van der Waals surface area contributed by atoms with E-state index < -0.39 is 63.7 Å². The Morgan fingerprint density at radius 3 is 2.38 bits per heavy atom. The number of nitrogens with one attached hydrogen (secondary N) is 2. The Bertz CT molecular complexity index is 1440. The number of alkyl halides is 3. The van der Waals surface area contributed by atoms with Crippen LogP contribution < -0.4 is 21.8 Å². The Morgan fingerprint density at radius 1 is 1.16 bits per heavy atom. The van der Waals surface area contributed by atoms with Gasteiger partial charge in [-0.05, 0) is 43.7 Å². The van der Waals surface area contributed by atoms with Crippen LogP contribution in [0.4, 0.5) is 32.2 Å². The summed E-state index contributed by atoms with van der Waals surface area (Å²) in [5, 5.41) is 4.53. The molecule has 0 radical (unpaired) electrons. The maximum Gasteiger partial charge on any atom is 0.408 e. The second-order valence-corrected chi connectivity index (χ2v) is 9.57. The van der Waals surface area contributed by atoms with Crippen molar-refractivity contribution in [2.45, 2.75) is 43.4 Å². The van der Waals surface area contributed by atoms with E-state index in [9.17, 15) is 35.9 Å². The molecule has 3 aromatic rings. The number of nitrogens with zero attached hydrogens (tertiary/aromatic N) is 2. The number of anilines is 1. The Balaban J connectivity index is 1.64. The number of hydrogen-bond acceptors (Lipinski definition) is 5. The topological polar surface area (TPSA) is 102 Å². The molecule has 7 nitrogen and oxygen atoms in total. The van der Waals surface area contributed by atoms with Crippen molar-refractivity contribution in [3.8, 4) is 5.69 Å². The molecule has 196 valence electrons. The van der Waals surface area contributed by atoms with Crippen LogP contribution in [0.2, 0.25) is 0 Å². The van der Waals surface area contributed by atoms with Gasteiger partial charge >= 0.3 is 6.18 Å². The van der Waals surface area contributed by atoms with Crippen molar-refractivity contribution in [2.75, 3.05) is 11.9 Å². The van der Waals surface area contributed by atoms with Gasteiger partial charge in [-0.15, -0.1) is 0 Å². The van der Waals surface area contributed by atoms with Gasteiger partial charge in [-0.2, -0.15) is 13.2 Å². The molecule has 2 fully saturated rings. The highest BCUT2D eigenvalue weighted by molar-refractivity contribution is 5.97. The van der Waals surface area contributed by atoms with Gasteiger partial charge in [-0.25, -0.2) is 18.2 Å². The van der Waals surface area contributed by atoms with Gasteiger partial charge in [0.25, 0.3) is 5.91 Å². The van der Waals surface area contributed by atoms with Crippen LogP contribution in [0.25, 0.3) is 16.7 Å². The fourth-order valence-corrected chi connectivity index (χ4v) is 4.12. The lowest BCUT2D eigenvalue weighted by Gasteiger charge is -2.22. The van der Waals surface area contributed by atoms with Crippen LogP contribution in [0, 0.1) is 23.4 Å². The quantitative estimate of drug-likeness (QED) is 0.408. The van der Waals surface area contributed by atoms with E-state index in [1.54, 1.807) is 0 Å². The lowest BCUT2D eigenvalue weighted by Crippen LogP contribution is -2.48. The third-order valence-corrected chi connectivity index (χ3v) is 6.56. The molecular formula is C24H21F6N5O2. The summed E-state index contributed by atoms with van der Waals surface area (Å²) in [5.74, 6) is -5.96. The molecule has 0 bridgehead atoms. The zero-order chi connectivity index (χ0) is 26.7. The van der Waals surface area contributed by atoms with Crippen molar-refractivity contribution < 1.29 is 31.1 Å². The summed E-state index contributed by atoms with van der Waals surface area (Å²) in [6.07, 6.45) is -1.98. The molecule has 2 saturated carbocycles. The number of nitrogens with two attached hydrogens (primary N) is 1. The normalized spacial score (nSPS) is 17.5. The number of halogens is 6. The van der Waals surface area contributed by atoms with Gasteiger partial charge < -0.3 is 16.4 Å². The van der Waals surface area contributed by atoms with Crippen LogP contribution in [0.5, 0.6) is 0 Å². The highest BCUT2D eigenvalue weighted by atomic mass is 19.4. The van der Waals surface area contributed by atoms with E-state index in [-0.39, 0.29) is 29.7 Å². The van der Waals surface area contributed by atoms with Crippen LogP contribution in [0.15, 0.2) is 35.3 Å². The SMILES string of the molecule is NC1(CNc2ccc3c(=O)c(C(=O)N[C@@H](C4CC4)C(F)(F)F)cn(-c4c(F)cc(F)cc4F)c3n2)CC1. The summed E-state index contributed by atoms with van der Waals surface area (Å²) in [5.41, 5.74) is 2.69. The molecule has 0 saturated heterocycles. The second-order valence-electron chi connectivity index (χ2n) is 9.57. The van der Waals surface area contributed by atoms with Crippen molar-refractivity contribution in [1.82, 2.24) is 14.9 Å². The average molecular weight is 525 g/mol. The fourth-order valence-electron chi connectivity index (χ4n) is 4.12. The maximum atomic E-state index is 14.8. The predicted molar refractivity (Wildman–Crippen MR) is 122 cm³/mol. The molecule has 2 aliphatic rings. The first-order chi connectivity index (χ1) is 17.4. The number of carbonyl (C=O) groups excluding carboxylic acids is 1. The molecule has 0 aliphatic heterocycles. The first-order valence-electron chi connectivity index (χ1n) is 11.5. The van der Waals surface area contributed by atoms with Crippen molar-refractivity contribution in [3.63, 3.8) is 0 Å². The molecule has 0 unspecified atom stereocenters. The number of amides is 1. The minimum absolute atomic E-state index is 0.198. The van der Waals surface area contributed by atoms with Crippen molar-refractivity contribution >= 4 is 22.8 Å². The second kappa shape index (κ2) is 8.75. The van der Waals surface area contributed by atoms with Crippen molar-refractivity contribution in [3.05, 3.63) is 63.7 Å². The fraction of sp³-hybridized carbons (Fsp3) is 0.375. The number of benzene rings is 1. The average Bonchev–Trinajstić information content (AvgIpc) is 3.74. The molecule has 2 aromatic heterocycles. The summed E-state index contributed by atoms with van der Waals surface area (Å²) in [7, 11) is 0. The van der Waals surface area contributed by atoms with Crippen LogP contribution in [0.3, 0.4) is 0 Å². The number of rotatable bonds is 7. The molecule has 13 heteroatoms. The molecule has 2 aliphatic carbocycles. The van der Waals surface area contributed by atoms with Gasteiger partial charge in [0.15, 0.2) is 17.3 Å². The summed E-state index contributed by atoms with van der Waals surface area (Å²) >= 11 is 0. The molecule has 2 heterocycles. The van der Waals surface area contributed by atoms with E-state index in [0.717, 1.165) is 17.4 Å². The highest BCUT2D eigenvalue weighted by Crippen LogP contribution is 2.40. The van der Waals surface area contributed by atoms with E-state index in [4.69, 9.17) is 5.73 Å². The van der Waals surface area contributed by atoms with Gasteiger partial charge in [0.1, 0.15) is 28.9 Å². The van der Waals surface area contributed by atoms with Gasteiger partial charge in [-0.1, -0.05) is 0 Å². The first-order valence-corrected chi connectivity index (χ1v) is 11.5. The number of carbonyl (C=O) groups is 1. The minimum atomic E-state index is -4.76. The van der Waals surface area contributed by atoms with Gasteiger partial charge in [0.2, 0.25) is 5.43 Å². The number of hydrogen-bond donors (Lipinski definition) is 3. The maximum absolute atomic E-state index is 14.8. The van der Waals surface area contributed by atoms with Crippen molar-refractivity contribution in [2.24, 2.45) is 11.7 Å². The molecule has 1 aromatic carbocycles. The summed E-state index contributed by atoms with van der Waals surface area (Å²) in [4.78, 5) is 30.3. The van der Waals surface area contributed by atoms with Crippen LogP contribution in [0.1, 0.15) is 36.0 Å². The molecule has 37 heavy (non-hydrogen) atoms. The lowest BCUT2D eigenvalue weighted by molar-refractivity contribution is -0.158. The summed E-state index contributed by atoms with van der Waals surface area (Å²) in [6.45, 7) is 0.329. The standard InChI is InChI=1S/C24H21F6N5O2/c25-12-7-15(26)18(16(27)8-12)35-9-14(22(37)34-20(11-1-2-11)24(28,29)30)19(36)13-3-4-17(33-21(13)35)32-10-23(31)5-6-23/h3-4,7-9,11,20H,1-2,5-6,10,31H2,(H,32,33)(H,34,37)/t20-/m0/s1. The van der Waals surface area contributed by atoms with E-state index >= 15 is 0 Å². The lowest BCUT2D eigenvalue weighted by atomic mass is 10.1. The Kier molecular flexibility index (Phi) is 5.93. The highest BCUT2D eigenvalue weighted by Gasteiger charge is 2.50. The summed E-state index contributed by atoms with van der Waals surface area (Å²) < 4.78 is 84.3. The van der Waals surface area contributed by atoms with E-state index in [1.165, 1.54) is 12.1 Å². The molecule has 5 rings (SSSR count). The number of pyridine rings is 2. The largest absolute Gasteiger partial charge is 0.408 e. The van der Waals surface area contributed by atoms with E-state index in [2.05, 4.69) is 10.3 Å². The number of aromatic nitrogens is 2. The number of fused-ring (bicyclic) bond motifs is 1. The van der Waals surface area contributed by atoms with E-state index in [0.29, 0.717) is 24.9 Å². The monoisotopic (exact) mass is 525 g/mol. The zero-order valence-corrected chi connectivity index (χ0v) is 19.1. The third-order valence-electron chi connectivity index (χ3n) is 6.56. The van der Waals surface area contributed by atoms with Crippen LogP contribution >= 0.6 is 0 Å². The third kappa shape index (κ3) is 4.99. The predicted octanol–water partition coefficient (Wildman–Crippen LogP) is 3.78. The molecule has 0 spiro atoms. The Hall–Kier alpha value is -3.61. The Morgan fingerprint density at radius 2 is 1.81 bits per heavy atom. The zero-order valence-electron chi connectivity index (χ0n) is 19.1. The van der Waals surface area contributed by atoms with Crippen LogP contribution in [-0.2, 0) is 0 Å². The van der Waals surface area contributed by atoms with Gasteiger partial charge in [-0.3, -0.25) is 14.2 Å². The van der Waals surface area contributed by atoms with Gasteiger partial charge in [0, 0.05) is 30.4 Å². The van der Waals surface area contributed by atoms with E-state index in [1.807, 2.05) is 5.32 Å². The first kappa shape index (κ1) is 25.1. The molecular weight excluding hydrogens is 504 g/mol. The molecule has 4 N–H and O–H groups in total. The van der Waals surface area contributed by atoms with Gasteiger partial charge in [0.05, 0.1) is 5.39 Å². The smallest absolute Gasteiger partial charge is 0.368 e. The minimum Gasteiger partial charge on any atom is -0.368 e. The summed E-state index contributed by atoms with van der Waals surface area (Å²) in [6, 6.07) is 1.21. The molecule has 1 atom stereocenters. The Labute approximate surface area is 205 Å². The van der Waals surface area contributed by atoms with Crippen molar-refractivity contribution in [1.29, 1.82) is 0 Å². The molecule has 1 amide bonds. The van der Waals surface area contributed by atoms with Crippen LogP contribution in [-0.4, -0.2) is 39.8 Å².